The summed E-state index contributed by atoms with van der Waals surface area (Å²) < 4.78 is 7.00. The van der Waals surface area contributed by atoms with Crippen LogP contribution in [0, 0.1) is 3.95 Å². The van der Waals surface area contributed by atoms with E-state index >= 15 is 0 Å². The normalized spacial score (nSPS) is 10.8. The highest BCUT2D eigenvalue weighted by Gasteiger charge is 2.11. The van der Waals surface area contributed by atoms with Crippen LogP contribution in [0.25, 0.3) is 10.4 Å². The Hall–Kier alpha value is -2.85. The van der Waals surface area contributed by atoms with Gasteiger partial charge in [0, 0.05) is 52.0 Å². The van der Waals surface area contributed by atoms with Gasteiger partial charge in [0.1, 0.15) is 5.75 Å². The molecule has 0 saturated carbocycles. The number of amides is 1. The Morgan fingerprint density at radius 3 is 2.65 bits per heavy atom. The van der Waals surface area contributed by atoms with E-state index in [1.807, 2.05) is 42.5 Å². The van der Waals surface area contributed by atoms with E-state index in [0.717, 1.165) is 21.8 Å². The number of halogens is 1. The van der Waals surface area contributed by atoms with Crippen molar-refractivity contribution in [1.29, 1.82) is 0 Å². The molecule has 2 aromatic heterocycles. The first-order chi connectivity index (χ1) is 16.4. The average molecular weight is 530 g/mol. The Bertz CT molecular complexity index is 1400. The van der Waals surface area contributed by atoms with E-state index in [9.17, 15) is 9.59 Å². The van der Waals surface area contributed by atoms with Gasteiger partial charge in [-0.1, -0.05) is 41.9 Å². The standard InChI is InChI=1S/C24H20ClN3O3S3/c1-31-16-8-6-15(7-9-16)12-17-14-26-23(33-17)27-21(29)10-11-28-22(30)13-20(34-24(28)32)18-4-2-3-5-19(18)25/h2-9,13-14H,10-12H2,1H3,(H,26,27,29). The second kappa shape index (κ2) is 11.1. The van der Waals surface area contributed by atoms with Crippen LogP contribution in [0.1, 0.15) is 16.9 Å². The average Bonchev–Trinajstić information content (AvgIpc) is 3.25. The second-order valence-corrected chi connectivity index (χ2v) is 10.5. The lowest BCUT2D eigenvalue weighted by molar-refractivity contribution is -0.116. The highest BCUT2D eigenvalue weighted by atomic mass is 35.5. The highest BCUT2D eigenvalue weighted by molar-refractivity contribution is 7.73. The van der Waals surface area contributed by atoms with E-state index in [0.29, 0.717) is 25.4 Å². The predicted molar refractivity (Wildman–Crippen MR) is 141 cm³/mol. The van der Waals surface area contributed by atoms with Crippen LogP contribution < -0.4 is 15.6 Å². The van der Waals surface area contributed by atoms with Crippen LogP contribution in [0.3, 0.4) is 0 Å². The van der Waals surface area contributed by atoms with Crippen LogP contribution in [0.4, 0.5) is 5.13 Å². The summed E-state index contributed by atoms with van der Waals surface area (Å²) in [5, 5.41) is 3.88. The van der Waals surface area contributed by atoms with E-state index in [1.54, 1.807) is 19.4 Å². The third-order valence-electron chi connectivity index (χ3n) is 4.98. The van der Waals surface area contributed by atoms with Crippen LogP contribution in [0.5, 0.6) is 5.75 Å². The van der Waals surface area contributed by atoms with Crippen molar-refractivity contribution < 1.29 is 9.53 Å². The number of benzene rings is 2. The number of nitrogens with zero attached hydrogens (tertiary/aromatic N) is 2. The van der Waals surface area contributed by atoms with Gasteiger partial charge in [0.15, 0.2) is 9.09 Å². The number of carbonyl (C=O) groups excluding carboxylic acids is 1. The fourth-order valence-electron chi connectivity index (χ4n) is 3.24. The minimum atomic E-state index is -0.262. The molecule has 1 N–H and O–H groups in total. The molecule has 0 bridgehead atoms. The molecule has 34 heavy (non-hydrogen) atoms. The third-order valence-corrected chi connectivity index (χ3v) is 7.64. The Labute approximate surface area is 214 Å². The minimum Gasteiger partial charge on any atom is -0.497 e. The minimum absolute atomic E-state index is 0.106. The molecule has 0 fully saturated rings. The molecule has 0 aliphatic heterocycles. The third kappa shape index (κ3) is 5.98. The summed E-state index contributed by atoms with van der Waals surface area (Å²) in [6.07, 6.45) is 2.58. The van der Waals surface area contributed by atoms with Crippen molar-refractivity contribution >= 4 is 57.5 Å². The van der Waals surface area contributed by atoms with E-state index in [2.05, 4.69) is 10.3 Å². The molecule has 0 aliphatic rings. The largest absolute Gasteiger partial charge is 0.497 e. The number of nitrogens with one attached hydrogen (secondary N) is 1. The van der Waals surface area contributed by atoms with Crippen molar-refractivity contribution in [3.63, 3.8) is 0 Å². The molecule has 0 atom stereocenters. The number of aromatic nitrogens is 2. The van der Waals surface area contributed by atoms with Crippen molar-refractivity contribution in [3.8, 4) is 16.2 Å². The van der Waals surface area contributed by atoms with Crippen molar-refractivity contribution in [3.05, 3.63) is 90.6 Å². The van der Waals surface area contributed by atoms with Crippen LogP contribution in [-0.2, 0) is 17.8 Å². The number of methoxy groups -OCH3 is 1. The molecule has 4 rings (SSSR count). The molecular weight excluding hydrogens is 510 g/mol. The predicted octanol–water partition coefficient (Wildman–Crippen LogP) is 6.04. The molecular formula is C24H20ClN3O3S3. The first-order valence-corrected chi connectivity index (χ1v) is 12.7. The van der Waals surface area contributed by atoms with Gasteiger partial charge in [0.05, 0.1) is 7.11 Å². The van der Waals surface area contributed by atoms with Crippen LogP contribution in [0.2, 0.25) is 5.02 Å². The van der Waals surface area contributed by atoms with Gasteiger partial charge in [-0.05, 0) is 36.0 Å². The van der Waals surface area contributed by atoms with Gasteiger partial charge in [0.25, 0.3) is 5.56 Å². The van der Waals surface area contributed by atoms with Crippen molar-refractivity contribution in [2.24, 2.45) is 0 Å². The topological polar surface area (TPSA) is 73.2 Å². The fourth-order valence-corrected chi connectivity index (χ4v) is 5.77. The van der Waals surface area contributed by atoms with E-state index in [-0.39, 0.29) is 24.4 Å². The summed E-state index contributed by atoms with van der Waals surface area (Å²) in [4.78, 5) is 31.1. The smallest absolute Gasteiger partial charge is 0.253 e. The van der Waals surface area contributed by atoms with Gasteiger partial charge in [-0.25, -0.2) is 4.98 Å². The maximum absolute atomic E-state index is 12.6. The number of hydrogen-bond donors (Lipinski definition) is 1. The summed E-state index contributed by atoms with van der Waals surface area (Å²) in [6, 6.07) is 16.6. The molecule has 2 aromatic carbocycles. The molecule has 0 aliphatic carbocycles. The molecule has 0 spiro atoms. The monoisotopic (exact) mass is 529 g/mol. The summed E-state index contributed by atoms with van der Waals surface area (Å²) >= 11 is 14.4. The number of thiazole rings is 1. The number of rotatable bonds is 8. The lowest BCUT2D eigenvalue weighted by Gasteiger charge is -2.08. The molecule has 10 heteroatoms. The zero-order valence-electron chi connectivity index (χ0n) is 18.1. The number of ether oxygens (including phenoxy) is 1. The van der Waals surface area contributed by atoms with E-state index in [4.69, 9.17) is 28.6 Å². The number of anilines is 1. The number of carbonyl (C=O) groups is 1. The van der Waals surface area contributed by atoms with E-state index in [1.165, 1.54) is 33.3 Å². The van der Waals surface area contributed by atoms with Crippen molar-refractivity contribution in [2.45, 2.75) is 19.4 Å². The maximum atomic E-state index is 12.6. The highest BCUT2D eigenvalue weighted by Crippen LogP contribution is 2.30. The van der Waals surface area contributed by atoms with Gasteiger partial charge in [0.2, 0.25) is 5.91 Å². The van der Waals surface area contributed by atoms with Crippen LogP contribution >= 0.6 is 46.5 Å². The zero-order chi connectivity index (χ0) is 24.1. The summed E-state index contributed by atoms with van der Waals surface area (Å²) in [6.45, 7) is 0.187. The Morgan fingerprint density at radius 2 is 1.94 bits per heavy atom. The number of hydrogen-bond acceptors (Lipinski definition) is 7. The SMILES string of the molecule is COc1ccc(Cc2cnc(NC(=O)CCn3c(=O)cc(-c4ccccc4Cl)sc3=S)s2)cc1. The van der Waals surface area contributed by atoms with Crippen molar-refractivity contribution in [2.75, 3.05) is 12.4 Å². The zero-order valence-corrected chi connectivity index (χ0v) is 21.3. The molecule has 174 valence electrons. The van der Waals surface area contributed by atoms with Gasteiger partial charge in [-0.3, -0.25) is 14.2 Å². The lowest BCUT2D eigenvalue weighted by atomic mass is 10.1. The lowest BCUT2D eigenvalue weighted by Crippen LogP contribution is -2.22. The van der Waals surface area contributed by atoms with Crippen LogP contribution in [-0.4, -0.2) is 22.6 Å². The second-order valence-electron chi connectivity index (χ2n) is 7.30. The van der Waals surface area contributed by atoms with E-state index < -0.39 is 0 Å². The summed E-state index contributed by atoms with van der Waals surface area (Å²) in [5.41, 5.74) is 1.63. The van der Waals surface area contributed by atoms with Gasteiger partial charge >= 0.3 is 0 Å². The maximum Gasteiger partial charge on any atom is 0.253 e. The first kappa shape index (κ1) is 24.3. The first-order valence-electron chi connectivity index (χ1n) is 10.3. The molecule has 4 aromatic rings. The Kier molecular flexibility index (Phi) is 7.89. The van der Waals surface area contributed by atoms with Gasteiger partial charge in [-0.2, -0.15) is 0 Å². The Balaban J connectivity index is 1.36. The molecule has 0 unspecified atom stereocenters. The molecule has 1 amide bonds. The van der Waals surface area contributed by atoms with Gasteiger partial charge in [-0.15, -0.1) is 22.7 Å². The molecule has 0 saturated heterocycles. The summed E-state index contributed by atoms with van der Waals surface area (Å²) in [5.74, 6) is 0.577. The van der Waals surface area contributed by atoms with Crippen molar-refractivity contribution in [1.82, 2.24) is 9.55 Å². The molecule has 2 heterocycles. The molecule has 0 radical (unpaired) electrons. The molecule has 6 nitrogen and oxygen atoms in total. The Morgan fingerprint density at radius 1 is 1.18 bits per heavy atom. The van der Waals surface area contributed by atoms with Crippen LogP contribution in [0.15, 0.2) is 65.6 Å². The van der Waals surface area contributed by atoms with Gasteiger partial charge < -0.3 is 10.1 Å². The quantitative estimate of drug-likeness (QED) is 0.281. The fraction of sp³-hybridized carbons (Fsp3) is 0.167. The summed E-state index contributed by atoms with van der Waals surface area (Å²) in [7, 11) is 1.63.